The van der Waals surface area contributed by atoms with Gasteiger partial charge in [-0.2, -0.15) is 0 Å². The molecule has 1 aromatic rings. The summed E-state index contributed by atoms with van der Waals surface area (Å²) >= 11 is 0. The normalized spacial score (nSPS) is 21.3. The van der Waals surface area contributed by atoms with Gasteiger partial charge in [0.2, 0.25) is 5.91 Å². The van der Waals surface area contributed by atoms with E-state index in [9.17, 15) is 14.0 Å². The molecule has 126 valence electrons. The number of halogens is 1. The van der Waals surface area contributed by atoms with Crippen LogP contribution in [0.25, 0.3) is 0 Å². The number of likely N-dealkylation sites (tertiary alicyclic amines) is 1. The highest BCUT2D eigenvalue weighted by atomic mass is 19.1. The van der Waals surface area contributed by atoms with Crippen LogP contribution in [0.15, 0.2) is 30.3 Å². The van der Waals surface area contributed by atoms with E-state index in [1.165, 1.54) is 4.90 Å². The Balaban J connectivity index is 1.99. The van der Waals surface area contributed by atoms with Crippen LogP contribution in [-0.2, 0) is 20.9 Å². The Morgan fingerprint density at radius 2 is 1.91 bits per heavy atom. The number of alkyl halides is 1. The van der Waals surface area contributed by atoms with E-state index in [-0.39, 0.29) is 37.3 Å². The van der Waals surface area contributed by atoms with Crippen molar-refractivity contribution < 1.29 is 18.7 Å². The van der Waals surface area contributed by atoms with E-state index in [4.69, 9.17) is 4.74 Å². The molecule has 0 N–H and O–H groups in total. The van der Waals surface area contributed by atoms with Crippen molar-refractivity contribution in [2.75, 3.05) is 6.54 Å². The Bertz CT molecular complexity index is 553. The second kappa shape index (κ2) is 7.11. The van der Waals surface area contributed by atoms with Crippen LogP contribution in [0.3, 0.4) is 0 Å². The third-order valence-corrected chi connectivity index (χ3v) is 3.79. The zero-order valence-electron chi connectivity index (χ0n) is 13.9. The first kappa shape index (κ1) is 17.4. The molecule has 1 aliphatic heterocycles. The van der Waals surface area contributed by atoms with Crippen LogP contribution in [0.4, 0.5) is 4.39 Å². The standard InChI is InChI=1S/C18H24FNO3/c1-18(2,3)11-15(21)20-10-9-14(19)16(20)17(22)23-12-13-7-5-4-6-8-13/h4-8,14,16H,9-12H2,1-3H3/t14-,16-/m0/s1. The maximum absolute atomic E-state index is 14.1. The van der Waals surface area contributed by atoms with Crippen molar-refractivity contribution in [2.45, 2.75) is 52.4 Å². The highest BCUT2D eigenvalue weighted by Crippen LogP contribution is 2.27. The fourth-order valence-electron chi connectivity index (χ4n) is 2.68. The van der Waals surface area contributed by atoms with Crippen molar-refractivity contribution in [3.05, 3.63) is 35.9 Å². The van der Waals surface area contributed by atoms with E-state index in [0.29, 0.717) is 0 Å². The number of ether oxygens (including phenoxy) is 1. The second-order valence-electron chi connectivity index (χ2n) is 7.17. The summed E-state index contributed by atoms with van der Waals surface area (Å²) in [6.45, 7) is 6.18. The molecule has 0 spiro atoms. The Morgan fingerprint density at radius 3 is 2.52 bits per heavy atom. The molecule has 2 atom stereocenters. The molecule has 0 bridgehead atoms. The first-order chi connectivity index (χ1) is 10.8. The lowest BCUT2D eigenvalue weighted by atomic mass is 9.91. The molecule has 1 saturated heterocycles. The fourth-order valence-corrected chi connectivity index (χ4v) is 2.68. The lowest BCUT2D eigenvalue weighted by molar-refractivity contribution is -0.156. The van der Waals surface area contributed by atoms with Crippen molar-refractivity contribution in [3.63, 3.8) is 0 Å². The molecule has 2 rings (SSSR count). The van der Waals surface area contributed by atoms with E-state index >= 15 is 0 Å². The molecule has 0 aliphatic carbocycles. The SMILES string of the molecule is CC(C)(C)CC(=O)N1CC[C@H](F)[C@H]1C(=O)OCc1ccccc1. The van der Waals surface area contributed by atoms with E-state index in [0.717, 1.165) is 5.56 Å². The summed E-state index contributed by atoms with van der Waals surface area (Å²) in [6, 6.07) is 8.10. The van der Waals surface area contributed by atoms with Gasteiger partial charge in [0.1, 0.15) is 12.8 Å². The molecule has 5 heteroatoms. The first-order valence-corrected chi connectivity index (χ1v) is 7.92. The predicted octanol–water partition coefficient (Wildman–Crippen LogP) is 3.11. The number of amides is 1. The van der Waals surface area contributed by atoms with Gasteiger partial charge in [-0.15, -0.1) is 0 Å². The van der Waals surface area contributed by atoms with Crippen LogP contribution in [-0.4, -0.2) is 35.5 Å². The lowest BCUT2D eigenvalue weighted by Gasteiger charge is -2.27. The maximum Gasteiger partial charge on any atom is 0.332 e. The Labute approximate surface area is 136 Å². The smallest absolute Gasteiger partial charge is 0.332 e. The van der Waals surface area contributed by atoms with Gasteiger partial charge in [0.05, 0.1) is 0 Å². The molecule has 1 fully saturated rings. The molecule has 1 heterocycles. The summed E-state index contributed by atoms with van der Waals surface area (Å²) in [7, 11) is 0. The summed E-state index contributed by atoms with van der Waals surface area (Å²) in [5.41, 5.74) is 0.631. The number of benzene rings is 1. The van der Waals surface area contributed by atoms with Gasteiger partial charge >= 0.3 is 5.97 Å². The summed E-state index contributed by atoms with van der Waals surface area (Å²) in [4.78, 5) is 25.9. The monoisotopic (exact) mass is 321 g/mol. The van der Waals surface area contributed by atoms with Crippen LogP contribution in [0, 0.1) is 5.41 Å². The van der Waals surface area contributed by atoms with Gasteiger partial charge in [-0.05, 0) is 17.4 Å². The van der Waals surface area contributed by atoms with Crippen LogP contribution in [0.5, 0.6) is 0 Å². The van der Waals surface area contributed by atoms with Gasteiger partial charge in [0, 0.05) is 13.0 Å². The number of rotatable bonds is 4. The molecule has 0 radical (unpaired) electrons. The first-order valence-electron chi connectivity index (χ1n) is 7.92. The van der Waals surface area contributed by atoms with Crippen LogP contribution in [0.2, 0.25) is 0 Å². The van der Waals surface area contributed by atoms with E-state index in [1.807, 2.05) is 51.1 Å². The van der Waals surface area contributed by atoms with Gasteiger partial charge in [0.25, 0.3) is 0 Å². The molecule has 0 unspecified atom stereocenters. The van der Waals surface area contributed by atoms with Gasteiger partial charge in [0.15, 0.2) is 6.04 Å². The quantitative estimate of drug-likeness (QED) is 0.801. The number of nitrogens with zero attached hydrogens (tertiary/aromatic N) is 1. The number of hydrogen-bond donors (Lipinski definition) is 0. The average Bonchev–Trinajstić information content (AvgIpc) is 2.86. The summed E-state index contributed by atoms with van der Waals surface area (Å²) in [5.74, 6) is -0.861. The molecule has 4 nitrogen and oxygen atoms in total. The van der Waals surface area contributed by atoms with E-state index in [2.05, 4.69) is 0 Å². The molecule has 23 heavy (non-hydrogen) atoms. The Morgan fingerprint density at radius 1 is 1.26 bits per heavy atom. The summed E-state index contributed by atoms with van der Waals surface area (Å²) in [5, 5.41) is 0. The molecule has 1 aromatic carbocycles. The lowest BCUT2D eigenvalue weighted by Crippen LogP contribution is -2.45. The molecule has 1 aliphatic rings. The minimum Gasteiger partial charge on any atom is -0.459 e. The van der Waals surface area contributed by atoms with E-state index < -0.39 is 18.2 Å². The molecular weight excluding hydrogens is 297 g/mol. The zero-order chi connectivity index (χ0) is 17.0. The third-order valence-electron chi connectivity index (χ3n) is 3.79. The molecule has 0 aromatic heterocycles. The molecule has 1 amide bonds. The summed E-state index contributed by atoms with van der Waals surface area (Å²) < 4.78 is 19.3. The van der Waals surface area contributed by atoms with Gasteiger partial charge in [-0.25, -0.2) is 9.18 Å². The van der Waals surface area contributed by atoms with Gasteiger partial charge < -0.3 is 9.64 Å². The molecular formula is C18H24FNO3. The van der Waals surface area contributed by atoms with Crippen molar-refractivity contribution in [2.24, 2.45) is 5.41 Å². The topological polar surface area (TPSA) is 46.6 Å². The largest absolute Gasteiger partial charge is 0.459 e. The second-order valence-corrected chi connectivity index (χ2v) is 7.17. The minimum atomic E-state index is -1.36. The van der Waals surface area contributed by atoms with Gasteiger partial charge in [-0.1, -0.05) is 51.1 Å². The van der Waals surface area contributed by atoms with Crippen molar-refractivity contribution >= 4 is 11.9 Å². The minimum absolute atomic E-state index is 0.0875. The van der Waals surface area contributed by atoms with Crippen molar-refractivity contribution in [1.29, 1.82) is 0 Å². The number of esters is 1. The van der Waals surface area contributed by atoms with Gasteiger partial charge in [-0.3, -0.25) is 4.79 Å². The number of carbonyl (C=O) groups excluding carboxylic acids is 2. The van der Waals surface area contributed by atoms with Crippen LogP contribution in [0.1, 0.15) is 39.2 Å². The summed E-state index contributed by atoms with van der Waals surface area (Å²) in [6.07, 6.45) is -0.898. The highest BCUT2D eigenvalue weighted by Gasteiger charge is 2.43. The molecule has 0 saturated carbocycles. The Kier molecular flexibility index (Phi) is 5.39. The van der Waals surface area contributed by atoms with Crippen molar-refractivity contribution in [1.82, 2.24) is 4.90 Å². The third kappa shape index (κ3) is 4.78. The maximum atomic E-state index is 14.1. The Hall–Kier alpha value is -1.91. The van der Waals surface area contributed by atoms with Crippen molar-refractivity contribution in [3.8, 4) is 0 Å². The van der Waals surface area contributed by atoms with Crippen LogP contribution >= 0.6 is 0 Å². The number of hydrogen-bond acceptors (Lipinski definition) is 3. The average molecular weight is 321 g/mol. The van der Waals surface area contributed by atoms with E-state index in [1.54, 1.807) is 0 Å². The fraction of sp³-hybridized carbons (Fsp3) is 0.556. The zero-order valence-corrected chi connectivity index (χ0v) is 13.9. The highest BCUT2D eigenvalue weighted by molar-refractivity contribution is 5.86. The predicted molar refractivity (Wildman–Crippen MR) is 85.3 cm³/mol. The van der Waals surface area contributed by atoms with Crippen LogP contribution < -0.4 is 0 Å². The number of carbonyl (C=O) groups is 2.